The van der Waals surface area contributed by atoms with Gasteiger partial charge >= 0.3 is 23.9 Å². The zero-order valence-electron chi connectivity index (χ0n) is 15.2. The Morgan fingerprint density at radius 2 is 1.32 bits per heavy atom. The van der Waals surface area contributed by atoms with Gasteiger partial charge < -0.3 is 19.8 Å². The summed E-state index contributed by atoms with van der Waals surface area (Å²) in [5, 5.41) is 17.7. The van der Waals surface area contributed by atoms with E-state index in [0.717, 1.165) is 10.5 Å². The molecule has 0 fully saturated rings. The maximum Gasteiger partial charge on any atom is 0.338 e. The number of nitrogens with two attached hydrogens (primary N) is 1. The van der Waals surface area contributed by atoms with Crippen LogP contribution in [0.15, 0.2) is 30.3 Å². The van der Waals surface area contributed by atoms with Crippen LogP contribution in [-0.4, -0.2) is 83.2 Å². The monoisotopic (exact) mass is 397 g/mol. The van der Waals surface area contributed by atoms with E-state index in [0.29, 0.717) is 0 Å². The minimum Gasteiger partial charge on any atom is -0.480 e. The number of carboxylic acids is 2. The van der Waals surface area contributed by atoms with Crippen molar-refractivity contribution in [2.75, 3.05) is 39.3 Å². The number of carbonyl (C=O) groups excluding carboxylic acids is 2. The molecule has 0 unspecified atom stereocenters. The molecule has 0 atom stereocenters. The number of esters is 1. The number of hydrogen-bond donors (Lipinski definition) is 3. The lowest BCUT2D eigenvalue weighted by atomic mass is 10.2. The smallest absolute Gasteiger partial charge is 0.338 e. The summed E-state index contributed by atoms with van der Waals surface area (Å²) in [7, 11) is 0. The van der Waals surface area contributed by atoms with Crippen LogP contribution in [0.5, 0.6) is 0 Å². The van der Waals surface area contributed by atoms with Crippen LogP contribution in [-0.2, 0) is 35.4 Å². The van der Waals surface area contributed by atoms with E-state index in [9.17, 15) is 19.2 Å². The Labute approximate surface area is 161 Å². The van der Waals surface area contributed by atoms with Crippen LogP contribution in [0.4, 0.5) is 0 Å². The summed E-state index contributed by atoms with van der Waals surface area (Å²) in [6.45, 7) is -1.56. The van der Waals surface area contributed by atoms with Crippen LogP contribution in [0.3, 0.4) is 0 Å². The predicted octanol–water partition coefficient (Wildman–Crippen LogP) is -1.08. The Hall–Kier alpha value is -3.02. The van der Waals surface area contributed by atoms with Gasteiger partial charge in [-0.2, -0.15) is 5.90 Å². The Kier molecular flexibility index (Phi) is 10.2. The standard InChI is InChI=1S/C17H23N3O8/c18-28-17(26)11-20(7-6-19(8-14(21)22)9-15(23)24)10-16(25)27-12-13-4-2-1-3-5-13/h1-5H,6-12,18H2,(H,21,22)(H,23,24). The first-order valence-corrected chi connectivity index (χ1v) is 8.27. The molecule has 0 aliphatic heterocycles. The summed E-state index contributed by atoms with van der Waals surface area (Å²) >= 11 is 0. The second kappa shape index (κ2) is 12.4. The van der Waals surface area contributed by atoms with Crippen molar-refractivity contribution >= 4 is 23.9 Å². The molecule has 1 rings (SSSR count). The third-order valence-electron chi connectivity index (χ3n) is 3.53. The number of rotatable bonds is 13. The van der Waals surface area contributed by atoms with Crippen molar-refractivity contribution in [2.24, 2.45) is 5.90 Å². The lowest BCUT2D eigenvalue weighted by Gasteiger charge is -2.24. The molecule has 0 saturated carbocycles. The summed E-state index contributed by atoms with van der Waals surface area (Å²) < 4.78 is 5.14. The molecule has 0 aromatic heterocycles. The minimum atomic E-state index is -1.20. The van der Waals surface area contributed by atoms with Crippen molar-refractivity contribution in [2.45, 2.75) is 6.61 Å². The van der Waals surface area contributed by atoms with E-state index in [1.807, 2.05) is 6.07 Å². The van der Waals surface area contributed by atoms with Gasteiger partial charge in [0.1, 0.15) is 6.61 Å². The molecule has 11 heteroatoms. The molecular formula is C17H23N3O8. The fourth-order valence-corrected chi connectivity index (χ4v) is 2.28. The number of carbonyl (C=O) groups is 4. The Morgan fingerprint density at radius 1 is 0.821 bits per heavy atom. The number of hydrogen-bond acceptors (Lipinski definition) is 9. The summed E-state index contributed by atoms with van der Waals surface area (Å²) in [5.74, 6) is 0.999. The molecule has 0 radical (unpaired) electrons. The maximum atomic E-state index is 12.0. The SMILES string of the molecule is NOC(=O)CN(CCN(CC(=O)O)CC(=O)O)CC(=O)OCc1ccccc1. The fraction of sp³-hybridized carbons (Fsp3) is 0.412. The van der Waals surface area contributed by atoms with Crippen LogP contribution in [0.2, 0.25) is 0 Å². The second-order valence-electron chi connectivity index (χ2n) is 5.84. The Bertz CT molecular complexity index is 652. The van der Waals surface area contributed by atoms with E-state index in [4.69, 9.17) is 20.8 Å². The van der Waals surface area contributed by atoms with E-state index in [-0.39, 0.29) is 32.8 Å². The average Bonchev–Trinajstić information content (AvgIpc) is 2.64. The van der Waals surface area contributed by atoms with Gasteiger partial charge in [0.2, 0.25) is 0 Å². The molecule has 0 aliphatic rings. The highest BCUT2D eigenvalue weighted by molar-refractivity contribution is 5.75. The van der Waals surface area contributed by atoms with Crippen molar-refractivity contribution in [3.63, 3.8) is 0 Å². The first kappa shape index (κ1) is 23.0. The summed E-state index contributed by atoms with van der Waals surface area (Å²) in [6, 6.07) is 8.99. The van der Waals surface area contributed by atoms with Gasteiger partial charge in [0, 0.05) is 13.1 Å². The van der Waals surface area contributed by atoms with Gasteiger partial charge in [-0.05, 0) is 5.56 Å². The van der Waals surface area contributed by atoms with Crippen LogP contribution < -0.4 is 5.90 Å². The van der Waals surface area contributed by atoms with Gasteiger partial charge in [-0.3, -0.25) is 24.2 Å². The first-order chi connectivity index (χ1) is 13.3. The van der Waals surface area contributed by atoms with Crippen LogP contribution >= 0.6 is 0 Å². The van der Waals surface area contributed by atoms with Gasteiger partial charge in [0.15, 0.2) is 0 Å². The highest BCUT2D eigenvalue weighted by Gasteiger charge is 2.19. The topological polar surface area (TPSA) is 160 Å². The fourth-order valence-electron chi connectivity index (χ4n) is 2.28. The van der Waals surface area contributed by atoms with E-state index in [2.05, 4.69) is 4.84 Å². The third kappa shape index (κ3) is 10.2. The van der Waals surface area contributed by atoms with E-state index >= 15 is 0 Å². The van der Waals surface area contributed by atoms with Crippen LogP contribution in [0.25, 0.3) is 0 Å². The van der Waals surface area contributed by atoms with Gasteiger partial charge in [-0.1, -0.05) is 30.3 Å². The molecular weight excluding hydrogens is 374 g/mol. The maximum absolute atomic E-state index is 12.0. The number of carboxylic acid groups (broad SMARTS) is 2. The average molecular weight is 397 g/mol. The van der Waals surface area contributed by atoms with E-state index in [1.165, 1.54) is 4.90 Å². The lowest BCUT2D eigenvalue weighted by molar-refractivity contribution is -0.151. The third-order valence-corrected chi connectivity index (χ3v) is 3.53. The molecule has 1 aromatic rings. The number of ether oxygens (including phenoxy) is 1. The van der Waals surface area contributed by atoms with Crippen molar-refractivity contribution < 1.29 is 39.0 Å². The molecule has 1 aromatic carbocycles. The molecule has 28 heavy (non-hydrogen) atoms. The molecule has 4 N–H and O–H groups in total. The van der Waals surface area contributed by atoms with Crippen molar-refractivity contribution in [3.8, 4) is 0 Å². The largest absolute Gasteiger partial charge is 0.480 e. The molecule has 11 nitrogen and oxygen atoms in total. The molecule has 0 aliphatic carbocycles. The Morgan fingerprint density at radius 3 is 1.82 bits per heavy atom. The molecule has 0 amide bonds. The summed E-state index contributed by atoms with van der Waals surface area (Å²) in [6.07, 6.45) is 0. The zero-order chi connectivity index (χ0) is 20.9. The highest BCUT2D eigenvalue weighted by atomic mass is 16.7. The second-order valence-corrected chi connectivity index (χ2v) is 5.84. The van der Waals surface area contributed by atoms with Gasteiger partial charge in [0.05, 0.1) is 26.2 Å². The number of nitrogens with zero attached hydrogens (tertiary/aromatic N) is 2. The van der Waals surface area contributed by atoms with Gasteiger partial charge in [-0.25, -0.2) is 4.79 Å². The van der Waals surface area contributed by atoms with Gasteiger partial charge in [0.25, 0.3) is 0 Å². The zero-order valence-corrected chi connectivity index (χ0v) is 15.2. The van der Waals surface area contributed by atoms with Crippen LogP contribution in [0, 0.1) is 0 Å². The van der Waals surface area contributed by atoms with E-state index in [1.54, 1.807) is 24.3 Å². The normalized spacial score (nSPS) is 10.7. The van der Waals surface area contributed by atoms with Gasteiger partial charge in [-0.15, -0.1) is 0 Å². The highest BCUT2D eigenvalue weighted by Crippen LogP contribution is 2.02. The Balaban J connectivity index is 2.62. The molecule has 0 saturated heterocycles. The van der Waals surface area contributed by atoms with Crippen molar-refractivity contribution in [1.29, 1.82) is 0 Å². The quantitative estimate of drug-likeness (QED) is 0.274. The minimum absolute atomic E-state index is 0.0115. The van der Waals surface area contributed by atoms with Crippen molar-refractivity contribution in [1.82, 2.24) is 9.80 Å². The molecule has 154 valence electrons. The van der Waals surface area contributed by atoms with Crippen LogP contribution in [0.1, 0.15) is 5.56 Å². The van der Waals surface area contributed by atoms with Crippen molar-refractivity contribution in [3.05, 3.63) is 35.9 Å². The number of aliphatic carboxylic acids is 2. The number of benzene rings is 1. The summed E-state index contributed by atoms with van der Waals surface area (Å²) in [5.41, 5.74) is 0.790. The molecule has 0 bridgehead atoms. The molecule has 0 heterocycles. The molecule has 0 spiro atoms. The summed E-state index contributed by atoms with van der Waals surface area (Å²) in [4.78, 5) is 51.8. The lowest BCUT2D eigenvalue weighted by Crippen LogP contribution is -2.44. The van der Waals surface area contributed by atoms with E-state index < -0.39 is 37.0 Å². The predicted molar refractivity (Wildman–Crippen MR) is 94.7 cm³/mol. The first-order valence-electron chi connectivity index (χ1n) is 8.27.